The summed E-state index contributed by atoms with van der Waals surface area (Å²) in [4.78, 5) is 13.7. The normalized spacial score (nSPS) is 15.8. The molecule has 0 bridgehead atoms. The van der Waals surface area contributed by atoms with E-state index in [0.29, 0.717) is 11.8 Å². The summed E-state index contributed by atoms with van der Waals surface area (Å²) in [6.45, 7) is 7.21. The van der Waals surface area contributed by atoms with Gasteiger partial charge in [0.1, 0.15) is 11.6 Å². The Hall–Kier alpha value is -1.75. The van der Waals surface area contributed by atoms with E-state index < -0.39 is 0 Å². The van der Waals surface area contributed by atoms with Crippen molar-refractivity contribution in [2.24, 2.45) is 0 Å². The Morgan fingerprint density at radius 2 is 1.88 bits per heavy atom. The van der Waals surface area contributed by atoms with Crippen LogP contribution in [0, 0.1) is 0 Å². The molecule has 0 spiro atoms. The van der Waals surface area contributed by atoms with Gasteiger partial charge in [-0.1, -0.05) is 33.1 Å². The predicted octanol–water partition coefficient (Wildman–Crippen LogP) is 4.02. The molecule has 5 heteroatoms. The van der Waals surface area contributed by atoms with Crippen LogP contribution in [0.2, 0.25) is 0 Å². The molecule has 136 valence electrons. The van der Waals surface area contributed by atoms with E-state index in [0.717, 1.165) is 31.9 Å². The van der Waals surface area contributed by atoms with Crippen LogP contribution in [0.1, 0.15) is 81.4 Å². The first-order valence-electron chi connectivity index (χ1n) is 9.76. The van der Waals surface area contributed by atoms with Crippen molar-refractivity contribution in [2.45, 2.75) is 77.3 Å². The molecule has 0 unspecified atom stereocenters. The van der Waals surface area contributed by atoms with Crippen LogP contribution in [0.25, 0.3) is 0 Å². The first-order chi connectivity index (χ1) is 12.2. The fraction of sp³-hybridized carbons (Fsp3) is 0.650. The van der Waals surface area contributed by atoms with Gasteiger partial charge in [0.05, 0.1) is 0 Å². The Morgan fingerprint density at radius 3 is 2.60 bits per heavy atom. The van der Waals surface area contributed by atoms with Crippen LogP contribution in [0.3, 0.4) is 0 Å². The van der Waals surface area contributed by atoms with Crippen LogP contribution in [0.15, 0.2) is 24.8 Å². The van der Waals surface area contributed by atoms with Gasteiger partial charge < -0.3 is 9.88 Å². The highest BCUT2D eigenvalue weighted by molar-refractivity contribution is 5.07. The molecule has 2 aromatic rings. The molecule has 1 saturated carbocycles. The fourth-order valence-corrected chi connectivity index (χ4v) is 3.65. The second-order valence-electron chi connectivity index (χ2n) is 7.45. The van der Waals surface area contributed by atoms with Gasteiger partial charge in [0, 0.05) is 55.3 Å². The van der Waals surface area contributed by atoms with E-state index in [4.69, 9.17) is 0 Å². The average molecular weight is 342 g/mol. The number of imidazole rings is 1. The molecular weight excluding hydrogens is 310 g/mol. The van der Waals surface area contributed by atoms with Crippen molar-refractivity contribution in [3.63, 3.8) is 0 Å². The lowest BCUT2D eigenvalue weighted by atomic mass is 9.89. The SMILES string of the molecule is CC(C)c1nccn1CCCNCc1cnc(C2CCCCC2)nc1. The lowest BCUT2D eigenvalue weighted by Crippen LogP contribution is -2.18. The third-order valence-corrected chi connectivity index (χ3v) is 5.04. The predicted molar refractivity (Wildman–Crippen MR) is 100 cm³/mol. The maximum atomic E-state index is 4.61. The van der Waals surface area contributed by atoms with Crippen molar-refractivity contribution in [3.8, 4) is 0 Å². The monoisotopic (exact) mass is 341 g/mol. The van der Waals surface area contributed by atoms with Crippen molar-refractivity contribution in [1.29, 1.82) is 0 Å². The van der Waals surface area contributed by atoms with Crippen molar-refractivity contribution >= 4 is 0 Å². The Kier molecular flexibility index (Phi) is 6.56. The molecule has 3 rings (SSSR count). The number of rotatable bonds is 8. The van der Waals surface area contributed by atoms with Gasteiger partial charge in [-0.25, -0.2) is 15.0 Å². The summed E-state index contributed by atoms with van der Waals surface area (Å²) >= 11 is 0. The molecule has 2 heterocycles. The maximum Gasteiger partial charge on any atom is 0.131 e. The average Bonchev–Trinajstić information content (AvgIpc) is 3.12. The van der Waals surface area contributed by atoms with Crippen molar-refractivity contribution < 1.29 is 0 Å². The van der Waals surface area contributed by atoms with Crippen LogP contribution < -0.4 is 5.32 Å². The number of hydrogen-bond acceptors (Lipinski definition) is 4. The minimum atomic E-state index is 0.475. The van der Waals surface area contributed by atoms with Gasteiger partial charge >= 0.3 is 0 Å². The van der Waals surface area contributed by atoms with Crippen LogP contribution in [0.5, 0.6) is 0 Å². The molecule has 0 amide bonds. The zero-order chi connectivity index (χ0) is 17.5. The number of nitrogens with one attached hydrogen (secondary N) is 1. The second-order valence-corrected chi connectivity index (χ2v) is 7.45. The van der Waals surface area contributed by atoms with E-state index in [1.54, 1.807) is 0 Å². The molecule has 1 N–H and O–H groups in total. The number of aryl methyl sites for hydroxylation is 1. The van der Waals surface area contributed by atoms with Gasteiger partial charge in [-0.15, -0.1) is 0 Å². The molecule has 0 aliphatic heterocycles. The summed E-state index contributed by atoms with van der Waals surface area (Å²) in [5, 5.41) is 3.50. The van der Waals surface area contributed by atoms with E-state index in [1.807, 2.05) is 18.6 Å². The minimum absolute atomic E-state index is 0.475. The molecule has 0 radical (unpaired) electrons. The third-order valence-electron chi connectivity index (χ3n) is 5.04. The largest absolute Gasteiger partial charge is 0.335 e. The molecule has 5 nitrogen and oxygen atoms in total. The van der Waals surface area contributed by atoms with Crippen LogP contribution in [-0.2, 0) is 13.1 Å². The van der Waals surface area contributed by atoms with Crippen LogP contribution in [-0.4, -0.2) is 26.1 Å². The van der Waals surface area contributed by atoms with E-state index in [2.05, 4.69) is 44.9 Å². The van der Waals surface area contributed by atoms with E-state index in [1.165, 1.54) is 43.5 Å². The first kappa shape index (κ1) is 18.1. The van der Waals surface area contributed by atoms with Crippen molar-refractivity contribution in [3.05, 3.63) is 42.0 Å². The van der Waals surface area contributed by atoms with Crippen molar-refractivity contribution in [2.75, 3.05) is 6.54 Å². The zero-order valence-electron chi connectivity index (χ0n) is 15.6. The third kappa shape index (κ3) is 5.11. The quantitative estimate of drug-likeness (QED) is 0.737. The Bertz CT molecular complexity index is 626. The molecule has 1 aliphatic carbocycles. The van der Waals surface area contributed by atoms with Crippen molar-refractivity contribution in [1.82, 2.24) is 24.8 Å². The summed E-state index contributed by atoms with van der Waals surface area (Å²) in [5.74, 6) is 3.28. The summed E-state index contributed by atoms with van der Waals surface area (Å²) in [5.41, 5.74) is 1.17. The minimum Gasteiger partial charge on any atom is -0.335 e. The van der Waals surface area contributed by atoms with Gasteiger partial charge in [0.25, 0.3) is 0 Å². The maximum absolute atomic E-state index is 4.61. The summed E-state index contributed by atoms with van der Waals surface area (Å²) in [7, 11) is 0. The molecular formula is C20H31N5. The molecule has 1 fully saturated rings. The molecule has 0 atom stereocenters. The number of aromatic nitrogens is 4. The topological polar surface area (TPSA) is 55.6 Å². The molecule has 0 aromatic carbocycles. The Labute approximate surface area is 151 Å². The van der Waals surface area contributed by atoms with E-state index >= 15 is 0 Å². The first-order valence-corrected chi connectivity index (χ1v) is 9.76. The Morgan fingerprint density at radius 1 is 1.12 bits per heavy atom. The smallest absolute Gasteiger partial charge is 0.131 e. The highest BCUT2D eigenvalue weighted by atomic mass is 15.1. The summed E-state index contributed by atoms with van der Waals surface area (Å²) < 4.78 is 2.26. The van der Waals surface area contributed by atoms with Gasteiger partial charge in [-0.3, -0.25) is 0 Å². The highest BCUT2D eigenvalue weighted by Crippen LogP contribution is 2.30. The van der Waals surface area contributed by atoms with E-state index in [9.17, 15) is 0 Å². The van der Waals surface area contributed by atoms with Gasteiger partial charge in [0.2, 0.25) is 0 Å². The van der Waals surface area contributed by atoms with Gasteiger partial charge in [0.15, 0.2) is 0 Å². The zero-order valence-corrected chi connectivity index (χ0v) is 15.6. The van der Waals surface area contributed by atoms with E-state index in [-0.39, 0.29) is 0 Å². The summed E-state index contributed by atoms with van der Waals surface area (Å²) in [6.07, 6.45) is 15.6. The Balaban J connectivity index is 1.38. The molecule has 0 saturated heterocycles. The second kappa shape index (κ2) is 9.09. The fourth-order valence-electron chi connectivity index (χ4n) is 3.65. The number of nitrogens with zero attached hydrogens (tertiary/aromatic N) is 4. The van der Waals surface area contributed by atoms with Crippen LogP contribution >= 0.6 is 0 Å². The molecule has 2 aromatic heterocycles. The lowest BCUT2D eigenvalue weighted by Gasteiger charge is -2.20. The molecule has 1 aliphatic rings. The molecule has 25 heavy (non-hydrogen) atoms. The highest BCUT2D eigenvalue weighted by Gasteiger charge is 2.17. The van der Waals surface area contributed by atoms with Crippen LogP contribution in [0.4, 0.5) is 0 Å². The van der Waals surface area contributed by atoms with Gasteiger partial charge in [-0.05, 0) is 25.8 Å². The summed E-state index contributed by atoms with van der Waals surface area (Å²) in [6, 6.07) is 0. The lowest BCUT2D eigenvalue weighted by molar-refractivity contribution is 0.428. The van der Waals surface area contributed by atoms with Gasteiger partial charge in [-0.2, -0.15) is 0 Å². The standard InChI is InChI=1S/C20H31N5/c1-16(2)20-22-10-12-25(20)11-6-9-21-13-17-14-23-19(24-15-17)18-7-4-3-5-8-18/h10,12,14-16,18,21H,3-9,11,13H2,1-2H3. The number of hydrogen-bond donors (Lipinski definition) is 1.